The molecule has 0 aliphatic carbocycles. The SMILES string of the molecule is CCc1ccc(N2C(=S)N[C@H](c3ccccn3)[C@H]2c2ccc(-c3ccc([N+](=O)[O-])cc3OC)o2)cc1. The van der Waals surface area contributed by atoms with Crippen molar-refractivity contribution in [2.24, 2.45) is 0 Å². The predicted octanol–water partition coefficient (Wildman–Crippen LogP) is 6.00. The highest BCUT2D eigenvalue weighted by Crippen LogP contribution is 2.44. The number of aromatic nitrogens is 1. The van der Waals surface area contributed by atoms with Gasteiger partial charge in [0, 0.05) is 18.0 Å². The molecule has 0 saturated carbocycles. The standard InChI is InChI=1S/C27H24N4O4S/c1-3-17-7-9-18(10-8-17)30-26(25(29-27(30)36)21-6-4-5-15-28-21)23-14-13-22(35-23)20-12-11-19(31(32)33)16-24(20)34-2/h4-16,25-26H,3H2,1-2H3,(H,29,36)/t25-,26-/m1/s1. The lowest BCUT2D eigenvalue weighted by molar-refractivity contribution is -0.384. The van der Waals surface area contributed by atoms with E-state index in [9.17, 15) is 10.1 Å². The molecule has 5 rings (SSSR count). The first-order valence-corrected chi connectivity index (χ1v) is 11.9. The van der Waals surface area contributed by atoms with E-state index in [-0.39, 0.29) is 17.8 Å². The zero-order valence-electron chi connectivity index (χ0n) is 19.8. The molecule has 0 spiro atoms. The number of rotatable bonds is 7. The van der Waals surface area contributed by atoms with Crippen LogP contribution in [0.15, 0.2) is 83.4 Å². The molecule has 0 amide bonds. The van der Waals surface area contributed by atoms with Crippen molar-refractivity contribution in [3.8, 4) is 17.1 Å². The molecule has 1 fully saturated rings. The number of non-ortho nitro benzene ring substituents is 1. The number of nitro groups is 1. The Morgan fingerprint density at radius 3 is 2.61 bits per heavy atom. The van der Waals surface area contributed by atoms with Gasteiger partial charge in [0.25, 0.3) is 5.69 Å². The molecule has 1 saturated heterocycles. The Kier molecular flexibility index (Phi) is 6.39. The number of nitrogens with one attached hydrogen (secondary N) is 1. The van der Waals surface area contributed by atoms with Crippen LogP contribution < -0.4 is 15.0 Å². The van der Waals surface area contributed by atoms with E-state index in [1.807, 2.05) is 35.2 Å². The van der Waals surface area contributed by atoms with Crippen molar-refractivity contribution in [1.82, 2.24) is 10.3 Å². The van der Waals surface area contributed by atoms with Crippen molar-refractivity contribution in [2.45, 2.75) is 25.4 Å². The number of benzene rings is 2. The summed E-state index contributed by atoms with van der Waals surface area (Å²) in [5, 5.41) is 15.2. The van der Waals surface area contributed by atoms with E-state index in [4.69, 9.17) is 21.4 Å². The van der Waals surface area contributed by atoms with E-state index in [2.05, 4.69) is 41.5 Å². The third kappa shape index (κ3) is 4.29. The summed E-state index contributed by atoms with van der Waals surface area (Å²) in [6.45, 7) is 2.12. The first kappa shape index (κ1) is 23.5. The van der Waals surface area contributed by atoms with Gasteiger partial charge in [-0.05, 0) is 66.7 Å². The molecular weight excluding hydrogens is 476 g/mol. The average Bonchev–Trinajstić information content (AvgIpc) is 3.53. The molecule has 9 heteroatoms. The number of hydrogen-bond acceptors (Lipinski definition) is 6. The summed E-state index contributed by atoms with van der Waals surface area (Å²) in [7, 11) is 1.48. The third-order valence-electron chi connectivity index (χ3n) is 6.30. The first-order chi connectivity index (χ1) is 17.5. The van der Waals surface area contributed by atoms with Crippen molar-refractivity contribution in [3.63, 3.8) is 0 Å². The van der Waals surface area contributed by atoms with Crippen LogP contribution in [0.1, 0.15) is 36.0 Å². The highest BCUT2D eigenvalue weighted by atomic mass is 32.1. The van der Waals surface area contributed by atoms with Crippen molar-refractivity contribution in [3.05, 3.63) is 106 Å². The van der Waals surface area contributed by atoms with Crippen LogP contribution in [-0.4, -0.2) is 22.1 Å². The number of anilines is 1. The van der Waals surface area contributed by atoms with Gasteiger partial charge in [-0.2, -0.15) is 0 Å². The fourth-order valence-corrected chi connectivity index (χ4v) is 4.81. The number of thiocarbonyl (C=S) groups is 1. The molecule has 2 aromatic carbocycles. The van der Waals surface area contributed by atoms with Crippen LogP contribution in [0.2, 0.25) is 0 Å². The zero-order valence-corrected chi connectivity index (χ0v) is 20.6. The van der Waals surface area contributed by atoms with E-state index < -0.39 is 4.92 Å². The lowest BCUT2D eigenvalue weighted by atomic mass is 10.0. The largest absolute Gasteiger partial charge is 0.496 e. The summed E-state index contributed by atoms with van der Waals surface area (Å²) in [5.41, 5.74) is 3.59. The zero-order chi connectivity index (χ0) is 25.2. The van der Waals surface area contributed by atoms with Crippen molar-refractivity contribution in [2.75, 3.05) is 12.0 Å². The number of methoxy groups -OCH3 is 1. The van der Waals surface area contributed by atoms with Gasteiger partial charge in [-0.15, -0.1) is 0 Å². The van der Waals surface area contributed by atoms with Crippen LogP contribution in [0.5, 0.6) is 5.75 Å². The fraction of sp³-hybridized carbons (Fsp3) is 0.185. The smallest absolute Gasteiger partial charge is 0.273 e. The van der Waals surface area contributed by atoms with E-state index >= 15 is 0 Å². The highest BCUT2D eigenvalue weighted by Gasteiger charge is 2.42. The minimum Gasteiger partial charge on any atom is -0.496 e. The van der Waals surface area contributed by atoms with Gasteiger partial charge < -0.3 is 19.4 Å². The maximum atomic E-state index is 11.2. The van der Waals surface area contributed by atoms with E-state index in [1.54, 1.807) is 12.3 Å². The highest BCUT2D eigenvalue weighted by molar-refractivity contribution is 7.80. The third-order valence-corrected chi connectivity index (χ3v) is 6.62. The van der Waals surface area contributed by atoms with Gasteiger partial charge in [-0.1, -0.05) is 25.1 Å². The summed E-state index contributed by atoms with van der Waals surface area (Å²) < 4.78 is 11.8. The Balaban J connectivity index is 1.58. The second-order valence-corrected chi connectivity index (χ2v) is 8.75. The second-order valence-electron chi connectivity index (χ2n) is 8.36. The van der Waals surface area contributed by atoms with Crippen LogP contribution >= 0.6 is 12.2 Å². The average molecular weight is 501 g/mol. The fourth-order valence-electron chi connectivity index (χ4n) is 4.47. The van der Waals surface area contributed by atoms with Gasteiger partial charge in [-0.25, -0.2) is 0 Å². The normalized spacial score (nSPS) is 17.2. The van der Waals surface area contributed by atoms with Crippen molar-refractivity contribution in [1.29, 1.82) is 0 Å². The van der Waals surface area contributed by atoms with Crippen LogP contribution in [0.4, 0.5) is 11.4 Å². The Hall–Kier alpha value is -4.24. The first-order valence-electron chi connectivity index (χ1n) is 11.5. The molecule has 182 valence electrons. The quantitative estimate of drug-likeness (QED) is 0.188. The minimum absolute atomic E-state index is 0.0513. The lowest BCUT2D eigenvalue weighted by Crippen LogP contribution is -2.29. The Morgan fingerprint density at radius 2 is 1.94 bits per heavy atom. The summed E-state index contributed by atoms with van der Waals surface area (Å²) in [4.78, 5) is 17.4. The molecule has 1 aliphatic rings. The maximum Gasteiger partial charge on any atom is 0.273 e. The molecular formula is C27H24N4O4S. The number of pyridine rings is 1. The molecule has 1 aliphatic heterocycles. The topological polar surface area (TPSA) is 93.7 Å². The summed E-state index contributed by atoms with van der Waals surface area (Å²) in [6.07, 6.45) is 2.70. The van der Waals surface area contributed by atoms with Gasteiger partial charge in [-0.3, -0.25) is 15.1 Å². The summed E-state index contributed by atoms with van der Waals surface area (Å²) in [5.74, 6) is 1.57. The summed E-state index contributed by atoms with van der Waals surface area (Å²) in [6, 6.07) is 21.7. The molecule has 2 atom stereocenters. The molecule has 8 nitrogen and oxygen atoms in total. The van der Waals surface area contributed by atoms with Crippen LogP contribution in [0.3, 0.4) is 0 Å². The number of aryl methyl sites for hydroxylation is 1. The van der Waals surface area contributed by atoms with Crippen molar-refractivity contribution >= 4 is 28.7 Å². The van der Waals surface area contributed by atoms with Gasteiger partial charge in [0.15, 0.2) is 5.11 Å². The molecule has 0 unspecified atom stereocenters. The van der Waals surface area contributed by atoms with Crippen LogP contribution in [0, 0.1) is 10.1 Å². The van der Waals surface area contributed by atoms with E-state index in [0.29, 0.717) is 27.9 Å². The Labute approximate surface area is 213 Å². The van der Waals surface area contributed by atoms with Crippen LogP contribution in [-0.2, 0) is 6.42 Å². The molecule has 2 aromatic heterocycles. The molecule has 0 bridgehead atoms. The van der Waals surface area contributed by atoms with Gasteiger partial charge >= 0.3 is 0 Å². The molecule has 4 aromatic rings. The number of furan rings is 1. The lowest BCUT2D eigenvalue weighted by Gasteiger charge is -2.26. The number of nitro benzene ring substituents is 1. The minimum atomic E-state index is -0.454. The maximum absolute atomic E-state index is 11.2. The van der Waals surface area contributed by atoms with Gasteiger partial charge in [0.1, 0.15) is 23.3 Å². The van der Waals surface area contributed by atoms with Gasteiger partial charge in [0.05, 0.1) is 35.4 Å². The predicted molar refractivity (Wildman–Crippen MR) is 141 cm³/mol. The molecule has 3 heterocycles. The van der Waals surface area contributed by atoms with E-state index in [1.165, 1.54) is 24.8 Å². The molecule has 1 N–H and O–H groups in total. The van der Waals surface area contributed by atoms with Crippen LogP contribution in [0.25, 0.3) is 11.3 Å². The van der Waals surface area contributed by atoms with Crippen molar-refractivity contribution < 1.29 is 14.1 Å². The monoisotopic (exact) mass is 500 g/mol. The molecule has 36 heavy (non-hydrogen) atoms. The van der Waals surface area contributed by atoms with Gasteiger partial charge in [0.2, 0.25) is 0 Å². The Morgan fingerprint density at radius 1 is 1.14 bits per heavy atom. The summed E-state index contributed by atoms with van der Waals surface area (Å²) >= 11 is 5.78. The second kappa shape index (κ2) is 9.79. The Bertz CT molecular complexity index is 1410. The number of hydrogen-bond donors (Lipinski definition) is 1. The molecule has 0 radical (unpaired) electrons. The van der Waals surface area contributed by atoms with E-state index in [0.717, 1.165) is 17.8 Å². The number of nitrogens with zero attached hydrogens (tertiary/aromatic N) is 3. The number of ether oxygens (including phenoxy) is 1.